The number of carbonyl (C=O) groups is 1. The van der Waals surface area contributed by atoms with Gasteiger partial charge in [-0.15, -0.1) is 0 Å². The Labute approximate surface area is 101 Å². The van der Waals surface area contributed by atoms with Crippen molar-refractivity contribution in [1.29, 1.82) is 0 Å². The van der Waals surface area contributed by atoms with Gasteiger partial charge in [-0.25, -0.2) is 4.98 Å². The molecule has 0 spiro atoms. The van der Waals surface area contributed by atoms with Crippen LogP contribution in [0.15, 0.2) is 12.5 Å². The lowest BCUT2D eigenvalue weighted by molar-refractivity contribution is -0.125. The predicted molar refractivity (Wildman–Crippen MR) is 63.5 cm³/mol. The summed E-state index contributed by atoms with van der Waals surface area (Å²) >= 11 is 0. The van der Waals surface area contributed by atoms with Crippen LogP contribution in [0.25, 0.3) is 0 Å². The second-order valence-electron chi connectivity index (χ2n) is 5.12. The predicted octanol–water partition coefficient (Wildman–Crippen LogP) is 0.00170. The molecule has 1 aliphatic heterocycles. The number of rotatable bonds is 3. The lowest BCUT2D eigenvalue weighted by atomic mass is 9.92. The largest absolute Gasteiger partial charge is 0.353 e. The minimum Gasteiger partial charge on any atom is -0.353 e. The highest BCUT2D eigenvalue weighted by Gasteiger charge is 2.37. The summed E-state index contributed by atoms with van der Waals surface area (Å²) in [5.74, 6) is 0.439. The van der Waals surface area contributed by atoms with Crippen LogP contribution in [-0.4, -0.2) is 34.6 Å². The Balaban J connectivity index is 1.72. The molecule has 2 unspecified atom stereocenters. The smallest absolute Gasteiger partial charge is 0.225 e. The van der Waals surface area contributed by atoms with E-state index in [1.165, 1.54) is 0 Å². The molecular formula is C12H18N4O. The molecule has 1 saturated heterocycles. The molecule has 2 atom stereocenters. The molecule has 2 aliphatic rings. The third kappa shape index (κ3) is 2.20. The van der Waals surface area contributed by atoms with Crippen LogP contribution in [0.1, 0.15) is 24.5 Å². The Bertz CT molecular complexity index is 424. The van der Waals surface area contributed by atoms with E-state index in [0.29, 0.717) is 6.04 Å². The van der Waals surface area contributed by atoms with Gasteiger partial charge in [0.15, 0.2) is 0 Å². The van der Waals surface area contributed by atoms with Crippen LogP contribution in [-0.2, 0) is 11.8 Å². The van der Waals surface area contributed by atoms with Crippen molar-refractivity contribution in [2.24, 2.45) is 13.0 Å². The molecule has 1 saturated carbocycles. The fourth-order valence-electron chi connectivity index (χ4n) is 2.43. The summed E-state index contributed by atoms with van der Waals surface area (Å²) in [6, 6.07) is 0.437. The van der Waals surface area contributed by atoms with Crippen molar-refractivity contribution >= 4 is 5.91 Å². The Hall–Kier alpha value is -1.36. The highest BCUT2D eigenvalue weighted by atomic mass is 16.2. The third-order valence-corrected chi connectivity index (χ3v) is 3.58. The number of aryl methyl sites for hydroxylation is 1. The quantitative estimate of drug-likeness (QED) is 0.774. The average molecular weight is 234 g/mol. The van der Waals surface area contributed by atoms with E-state index in [4.69, 9.17) is 0 Å². The summed E-state index contributed by atoms with van der Waals surface area (Å²) in [4.78, 5) is 16.5. The van der Waals surface area contributed by atoms with Crippen LogP contribution < -0.4 is 10.6 Å². The van der Waals surface area contributed by atoms with E-state index >= 15 is 0 Å². The summed E-state index contributed by atoms with van der Waals surface area (Å²) in [5, 5.41) is 6.38. The molecule has 1 aromatic rings. The molecule has 2 N–H and O–H groups in total. The maximum atomic E-state index is 12.1. The van der Waals surface area contributed by atoms with E-state index in [-0.39, 0.29) is 17.7 Å². The van der Waals surface area contributed by atoms with E-state index in [2.05, 4.69) is 15.6 Å². The van der Waals surface area contributed by atoms with Gasteiger partial charge in [-0.2, -0.15) is 0 Å². The Kier molecular flexibility index (Phi) is 2.63. The summed E-state index contributed by atoms with van der Waals surface area (Å²) in [6.07, 6.45) is 6.08. The maximum absolute atomic E-state index is 12.1. The van der Waals surface area contributed by atoms with Crippen LogP contribution in [0.3, 0.4) is 0 Å². The van der Waals surface area contributed by atoms with E-state index in [1.54, 1.807) is 6.33 Å². The molecule has 2 heterocycles. The zero-order valence-corrected chi connectivity index (χ0v) is 10.0. The van der Waals surface area contributed by atoms with Gasteiger partial charge in [0, 0.05) is 38.3 Å². The van der Waals surface area contributed by atoms with Crippen LogP contribution in [0.4, 0.5) is 0 Å². The van der Waals surface area contributed by atoms with Crippen molar-refractivity contribution in [3.63, 3.8) is 0 Å². The minimum atomic E-state index is 0.0329. The lowest BCUT2D eigenvalue weighted by Gasteiger charge is -2.16. The molecule has 3 rings (SSSR count). The van der Waals surface area contributed by atoms with Crippen LogP contribution in [0, 0.1) is 5.92 Å². The SMILES string of the molecule is Cn1cnc(C2CNCC2C(=O)NC2CC2)c1. The number of aromatic nitrogens is 2. The number of amides is 1. The van der Waals surface area contributed by atoms with E-state index in [0.717, 1.165) is 31.6 Å². The van der Waals surface area contributed by atoms with Gasteiger partial charge in [-0.05, 0) is 12.8 Å². The molecule has 2 fully saturated rings. The van der Waals surface area contributed by atoms with Crippen molar-refractivity contribution in [1.82, 2.24) is 20.2 Å². The summed E-state index contributed by atoms with van der Waals surface area (Å²) in [6.45, 7) is 1.61. The number of carbonyl (C=O) groups excluding carboxylic acids is 1. The second-order valence-corrected chi connectivity index (χ2v) is 5.12. The van der Waals surface area contributed by atoms with Gasteiger partial charge in [-0.1, -0.05) is 0 Å². The van der Waals surface area contributed by atoms with Gasteiger partial charge >= 0.3 is 0 Å². The van der Waals surface area contributed by atoms with E-state index < -0.39 is 0 Å². The first-order chi connectivity index (χ1) is 8.24. The van der Waals surface area contributed by atoms with Gasteiger partial charge < -0.3 is 15.2 Å². The van der Waals surface area contributed by atoms with Gasteiger partial charge in [0.1, 0.15) is 0 Å². The number of hydrogen-bond acceptors (Lipinski definition) is 3. The van der Waals surface area contributed by atoms with Crippen LogP contribution >= 0.6 is 0 Å². The molecule has 0 bridgehead atoms. The van der Waals surface area contributed by atoms with Crippen molar-refractivity contribution in [2.45, 2.75) is 24.8 Å². The number of hydrogen-bond donors (Lipinski definition) is 2. The fraction of sp³-hybridized carbons (Fsp3) is 0.667. The first kappa shape index (κ1) is 10.8. The van der Waals surface area contributed by atoms with Gasteiger partial charge in [0.2, 0.25) is 5.91 Å². The van der Waals surface area contributed by atoms with E-state index in [1.807, 2.05) is 17.8 Å². The van der Waals surface area contributed by atoms with Crippen LogP contribution in [0.2, 0.25) is 0 Å². The molecule has 5 heteroatoms. The normalized spacial score (nSPS) is 28.3. The van der Waals surface area contributed by atoms with Gasteiger partial charge in [0.25, 0.3) is 0 Å². The first-order valence-corrected chi connectivity index (χ1v) is 6.23. The first-order valence-electron chi connectivity index (χ1n) is 6.23. The van der Waals surface area contributed by atoms with Crippen LogP contribution in [0.5, 0.6) is 0 Å². The Morgan fingerprint density at radius 3 is 3.00 bits per heavy atom. The second kappa shape index (κ2) is 4.14. The highest BCUT2D eigenvalue weighted by molar-refractivity contribution is 5.81. The zero-order valence-electron chi connectivity index (χ0n) is 10.0. The Morgan fingerprint density at radius 1 is 1.53 bits per heavy atom. The lowest BCUT2D eigenvalue weighted by Crippen LogP contribution is -2.35. The Morgan fingerprint density at radius 2 is 2.35 bits per heavy atom. The summed E-state index contributed by atoms with van der Waals surface area (Å²) in [7, 11) is 1.96. The molecular weight excluding hydrogens is 216 g/mol. The monoisotopic (exact) mass is 234 g/mol. The molecule has 0 radical (unpaired) electrons. The van der Waals surface area contributed by atoms with Crippen molar-refractivity contribution in [3.05, 3.63) is 18.2 Å². The summed E-state index contributed by atoms with van der Waals surface area (Å²) in [5.41, 5.74) is 1.02. The average Bonchev–Trinajstić information content (AvgIpc) is 2.81. The zero-order chi connectivity index (χ0) is 11.8. The molecule has 1 aliphatic carbocycles. The standard InChI is InChI=1S/C12H18N4O/c1-16-6-11(14-7-16)9-4-13-5-10(9)12(17)15-8-2-3-8/h6-10,13H,2-5H2,1H3,(H,15,17). The molecule has 5 nitrogen and oxygen atoms in total. The topological polar surface area (TPSA) is 59.0 Å². The molecule has 17 heavy (non-hydrogen) atoms. The molecule has 0 aromatic carbocycles. The van der Waals surface area contributed by atoms with E-state index in [9.17, 15) is 4.79 Å². The van der Waals surface area contributed by atoms with Gasteiger partial charge in [0.05, 0.1) is 17.9 Å². The fourth-order valence-corrected chi connectivity index (χ4v) is 2.43. The third-order valence-electron chi connectivity index (χ3n) is 3.58. The highest BCUT2D eigenvalue weighted by Crippen LogP contribution is 2.28. The number of imidazole rings is 1. The molecule has 1 aromatic heterocycles. The van der Waals surface area contributed by atoms with Crippen molar-refractivity contribution in [2.75, 3.05) is 13.1 Å². The minimum absolute atomic E-state index is 0.0329. The number of nitrogens with zero attached hydrogens (tertiary/aromatic N) is 2. The molecule has 1 amide bonds. The summed E-state index contributed by atoms with van der Waals surface area (Å²) < 4.78 is 1.93. The van der Waals surface area contributed by atoms with Crippen molar-refractivity contribution < 1.29 is 4.79 Å². The van der Waals surface area contributed by atoms with Crippen molar-refractivity contribution in [3.8, 4) is 0 Å². The maximum Gasteiger partial charge on any atom is 0.225 e. The number of nitrogens with one attached hydrogen (secondary N) is 2. The van der Waals surface area contributed by atoms with Gasteiger partial charge in [-0.3, -0.25) is 4.79 Å². The molecule has 92 valence electrons.